The summed E-state index contributed by atoms with van der Waals surface area (Å²) in [5.74, 6) is 0. The Hall–Kier alpha value is -0.160. The SMILES string of the molecule is COCCN(CC1CCCN1)C1CCC(OC)CC1. The van der Waals surface area contributed by atoms with Crippen LogP contribution in [0.1, 0.15) is 38.5 Å². The highest BCUT2D eigenvalue weighted by Crippen LogP contribution is 2.25. The van der Waals surface area contributed by atoms with Crippen LogP contribution in [0, 0.1) is 0 Å². The second-order valence-electron chi connectivity index (χ2n) is 5.95. The second kappa shape index (κ2) is 8.20. The Morgan fingerprint density at radius 3 is 2.47 bits per heavy atom. The molecule has 2 aliphatic rings. The van der Waals surface area contributed by atoms with E-state index in [0.717, 1.165) is 19.2 Å². The van der Waals surface area contributed by atoms with Gasteiger partial charge >= 0.3 is 0 Å². The van der Waals surface area contributed by atoms with Crippen molar-refractivity contribution in [3.63, 3.8) is 0 Å². The Kier molecular flexibility index (Phi) is 6.57. The smallest absolute Gasteiger partial charge is 0.0589 e. The monoisotopic (exact) mass is 270 g/mol. The van der Waals surface area contributed by atoms with Gasteiger partial charge in [0, 0.05) is 39.4 Å². The van der Waals surface area contributed by atoms with Gasteiger partial charge in [-0.1, -0.05) is 0 Å². The van der Waals surface area contributed by atoms with Crippen molar-refractivity contribution in [1.29, 1.82) is 0 Å². The molecule has 2 rings (SSSR count). The van der Waals surface area contributed by atoms with Gasteiger partial charge in [-0.3, -0.25) is 4.90 Å². The molecule has 0 bridgehead atoms. The molecule has 4 nitrogen and oxygen atoms in total. The summed E-state index contributed by atoms with van der Waals surface area (Å²) in [6.07, 6.45) is 8.12. The zero-order chi connectivity index (χ0) is 13.5. The predicted octanol–water partition coefficient (Wildman–Crippen LogP) is 1.64. The van der Waals surface area contributed by atoms with Gasteiger partial charge in [-0.2, -0.15) is 0 Å². The standard InChI is InChI=1S/C15H30N2O2/c1-18-11-10-17(12-13-4-3-9-16-13)14-5-7-15(19-2)8-6-14/h13-16H,3-12H2,1-2H3. The molecule has 1 heterocycles. The highest BCUT2D eigenvalue weighted by Gasteiger charge is 2.27. The Labute approximate surface area is 117 Å². The van der Waals surface area contributed by atoms with E-state index in [1.54, 1.807) is 7.11 Å². The number of rotatable bonds is 7. The number of methoxy groups -OCH3 is 2. The molecule has 1 saturated carbocycles. The van der Waals surface area contributed by atoms with Crippen molar-refractivity contribution in [3.05, 3.63) is 0 Å². The predicted molar refractivity (Wildman–Crippen MR) is 77.5 cm³/mol. The second-order valence-corrected chi connectivity index (χ2v) is 5.95. The van der Waals surface area contributed by atoms with Crippen LogP contribution in [0.25, 0.3) is 0 Å². The molecule has 0 aromatic heterocycles. The minimum absolute atomic E-state index is 0.491. The quantitative estimate of drug-likeness (QED) is 0.762. The van der Waals surface area contributed by atoms with Gasteiger partial charge in [0.05, 0.1) is 12.7 Å². The van der Waals surface area contributed by atoms with E-state index in [1.807, 2.05) is 7.11 Å². The molecule has 1 aliphatic carbocycles. The molecule has 1 saturated heterocycles. The molecule has 0 aromatic rings. The first-order valence-electron chi connectivity index (χ1n) is 7.82. The first-order chi connectivity index (χ1) is 9.33. The maximum Gasteiger partial charge on any atom is 0.0589 e. The van der Waals surface area contributed by atoms with Gasteiger partial charge in [0.2, 0.25) is 0 Å². The lowest BCUT2D eigenvalue weighted by Crippen LogP contribution is -2.46. The third kappa shape index (κ3) is 4.71. The fourth-order valence-electron chi connectivity index (χ4n) is 3.47. The Bertz CT molecular complexity index is 236. The maximum absolute atomic E-state index is 5.48. The number of nitrogens with one attached hydrogen (secondary N) is 1. The van der Waals surface area contributed by atoms with Crippen molar-refractivity contribution >= 4 is 0 Å². The number of hydrogen-bond donors (Lipinski definition) is 1. The summed E-state index contributed by atoms with van der Waals surface area (Å²) in [5, 5.41) is 3.62. The van der Waals surface area contributed by atoms with Gasteiger partial charge in [-0.15, -0.1) is 0 Å². The van der Waals surface area contributed by atoms with Crippen LogP contribution in [-0.4, -0.2) is 63.5 Å². The molecule has 112 valence electrons. The summed E-state index contributed by atoms with van der Waals surface area (Å²) in [5.41, 5.74) is 0. The van der Waals surface area contributed by atoms with Gasteiger partial charge in [-0.05, 0) is 45.1 Å². The summed E-state index contributed by atoms with van der Waals surface area (Å²) in [6, 6.07) is 1.42. The number of nitrogens with zero attached hydrogens (tertiary/aromatic N) is 1. The summed E-state index contributed by atoms with van der Waals surface area (Å²) in [7, 11) is 3.64. The lowest BCUT2D eigenvalue weighted by molar-refractivity contribution is 0.0292. The molecule has 1 aliphatic heterocycles. The Balaban J connectivity index is 1.81. The van der Waals surface area contributed by atoms with Gasteiger partial charge < -0.3 is 14.8 Å². The molecule has 0 radical (unpaired) electrons. The maximum atomic E-state index is 5.48. The molecule has 1 N–H and O–H groups in total. The van der Waals surface area contributed by atoms with Crippen LogP contribution in [0.2, 0.25) is 0 Å². The molecule has 0 spiro atoms. The average molecular weight is 270 g/mol. The van der Waals surface area contributed by atoms with Crippen molar-refractivity contribution in [2.45, 2.75) is 56.7 Å². The summed E-state index contributed by atoms with van der Waals surface area (Å²) in [6.45, 7) is 4.29. The highest BCUT2D eigenvalue weighted by molar-refractivity contribution is 4.84. The number of hydrogen-bond acceptors (Lipinski definition) is 4. The van der Waals surface area contributed by atoms with Crippen LogP contribution in [0.15, 0.2) is 0 Å². The van der Waals surface area contributed by atoms with Gasteiger partial charge in [-0.25, -0.2) is 0 Å². The molecule has 4 heteroatoms. The zero-order valence-corrected chi connectivity index (χ0v) is 12.6. The van der Waals surface area contributed by atoms with Crippen LogP contribution in [0.3, 0.4) is 0 Å². The summed E-state index contributed by atoms with van der Waals surface area (Å²) < 4.78 is 10.8. The summed E-state index contributed by atoms with van der Waals surface area (Å²) >= 11 is 0. The molecular weight excluding hydrogens is 240 g/mol. The van der Waals surface area contributed by atoms with E-state index >= 15 is 0 Å². The van der Waals surface area contributed by atoms with E-state index < -0.39 is 0 Å². The fourth-order valence-corrected chi connectivity index (χ4v) is 3.47. The molecular formula is C15H30N2O2. The first-order valence-corrected chi connectivity index (χ1v) is 7.82. The lowest BCUT2D eigenvalue weighted by Gasteiger charge is -2.37. The minimum Gasteiger partial charge on any atom is -0.383 e. The third-order valence-corrected chi connectivity index (χ3v) is 4.69. The molecule has 1 unspecified atom stereocenters. The Morgan fingerprint density at radius 1 is 1.11 bits per heavy atom. The van der Waals surface area contributed by atoms with E-state index in [2.05, 4.69) is 10.2 Å². The largest absolute Gasteiger partial charge is 0.383 e. The average Bonchev–Trinajstić information content (AvgIpc) is 2.96. The number of ether oxygens (including phenoxy) is 2. The van der Waals surface area contributed by atoms with E-state index in [4.69, 9.17) is 9.47 Å². The van der Waals surface area contributed by atoms with E-state index in [-0.39, 0.29) is 0 Å². The lowest BCUT2D eigenvalue weighted by atomic mass is 9.91. The van der Waals surface area contributed by atoms with Crippen molar-refractivity contribution in [1.82, 2.24) is 10.2 Å². The first kappa shape index (κ1) is 15.2. The highest BCUT2D eigenvalue weighted by atomic mass is 16.5. The Morgan fingerprint density at radius 2 is 1.89 bits per heavy atom. The van der Waals surface area contributed by atoms with Crippen molar-refractivity contribution in [2.75, 3.05) is 40.5 Å². The molecule has 1 atom stereocenters. The van der Waals surface area contributed by atoms with E-state index in [1.165, 1.54) is 51.6 Å². The van der Waals surface area contributed by atoms with Crippen LogP contribution >= 0.6 is 0 Å². The third-order valence-electron chi connectivity index (χ3n) is 4.69. The molecule has 0 amide bonds. The fraction of sp³-hybridized carbons (Fsp3) is 1.00. The van der Waals surface area contributed by atoms with Crippen LogP contribution < -0.4 is 5.32 Å². The van der Waals surface area contributed by atoms with E-state index in [9.17, 15) is 0 Å². The molecule has 0 aromatic carbocycles. The van der Waals surface area contributed by atoms with Crippen molar-refractivity contribution in [2.24, 2.45) is 0 Å². The summed E-state index contributed by atoms with van der Waals surface area (Å²) in [4.78, 5) is 2.65. The topological polar surface area (TPSA) is 33.7 Å². The van der Waals surface area contributed by atoms with Gasteiger partial charge in [0.15, 0.2) is 0 Å². The van der Waals surface area contributed by atoms with Crippen LogP contribution in [-0.2, 0) is 9.47 Å². The van der Waals surface area contributed by atoms with Crippen LogP contribution in [0.4, 0.5) is 0 Å². The zero-order valence-electron chi connectivity index (χ0n) is 12.6. The van der Waals surface area contributed by atoms with Gasteiger partial charge in [0.25, 0.3) is 0 Å². The van der Waals surface area contributed by atoms with Crippen molar-refractivity contribution in [3.8, 4) is 0 Å². The van der Waals surface area contributed by atoms with Crippen molar-refractivity contribution < 1.29 is 9.47 Å². The van der Waals surface area contributed by atoms with E-state index in [0.29, 0.717) is 12.1 Å². The van der Waals surface area contributed by atoms with Gasteiger partial charge in [0.1, 0.15) is 0 Å². The molecule has 19 heavy (non-hydrogen) atoms. The normalized spacial score (nSPS) is 32.1. The minimum atomic E-state index is 0.491. The van der Waals surface area contributed by atoms with Crippen LogP contribution in [0.5, 0.6) is 0 Å². The molecule has 2 fully saturated rings.